The number of para-hydroxylation sites is 1. The Kier molecular flexibility index (Phi) is 7.59. The van der Waals surface area contributed by atoms with Crippen LogP contribution >= 0.6 is 11.8 Å². The van der Waals surface area contributed by atoms with E-state index in [0.29, 0.717) is 0 Å². The predicted octanol–water partition coefficient (Wildman–Crippen LogP) is 2.22. The number of amides is 1. The van der Waals surface area contributed by atoms with Crippen molar-refractivity contribution < 1.29 is 9.69 Å². The molecule has 0 bridgehead atoms. The maximum atomic E-state index is 12.6. The Morgan fingerprint density at radius 3 is 2.47 bits per heavy atom. The van der Waals surface area contributed by atoms with Crippen LogP contribution in [0.25, 0.3) is 11.4 Å². The lowest BCUT2D eigenvalue weighted by molar-refractivity contribution is -0.858. The molecule has 0 saturated carbocycles. The number of pyridine rings is 1. The highest BCUT2D eigenvalue weighted by atomic mass is 32.2. The first-order valence-corrected chi connectivity index (χ1v) is 11.1. The molecular formula is C22H29N6OS+. The Hall–Kier alpha value is -2.71. The van der Waals surface area contributed by atoms with Gasteiger partial charge in [-0.3, -0.25) is 9.78 Å². The Balaban J connectivity index is 1.73. The van der Waals surface area contributed by atoms with Crippen molar-refractivity contribution in [2.45, 2.75) is 32.0 Å². The first-order valence-electron chi connectivity index (χ1n) is 10.1. The molecule has 158 valence electrons. The van der Waals surface area contributed by atoms with E-state index in [1.54, 1.807) is 12.4 Å². The Bertz CT molecular complexity index is 966. The fourth-order valence-electron chi connectivity index (χ4n) is 3.22. The maximum absolute atomic E-state index is 12.6. The van der Waals surface area contributed by atoms with Gasteiger partial charge in [0.15, 0.2) is 11.0 Å². The van der Waals surface area contributed by atoms with Crippen molar-refractivity contribution in [3.63, 3.8) is 0 Å². The van der Waals surface area contributed by atoms with Crippen molar-refractivity contribution in [3.8, 4) is 11.4 Å². The van der Waals surface area contributed by atoms with Crippen molar-refractivity contribution in [1.29, 1.82) is 0 Å². The van der Waals surface area contributed by atoms with Gasteiger partial charge >= 0.3 is 0 Å². The summed E-state index contributed by atoms with van der Waals surface area (Å²) in [5.41, 5.74) is 3.97. The second-order valence-electron chi connectivity index (χ2n) is 7.61. The number of aryl methyl sites for hydroxylation is 2. The molecule has 0 aliphatic heterocycles. The molecule has 3 rings (SSSR count). The molecule has 2 aromatic heterocycles. The third-order valence-corrected chi connectivity index (χ3v) is 5.76. The summed E-state index contributed by atoms with van der Waals surface area (Å²) in [6.45, 7) is 5.85. The predicted molar refractivity (Wildman–Crippen MR) is 121 cm³/mol. The number of carbonyl (C=O) groups is 1. The highest BCUT2D eigenvalue weighted by Gasteiger charge is 2.16. The Labute approximate surface area is 181 Å². The minimum atomic E-state index is -0.0462. The summed E-state index contributed by atoms with van der Waals surface area (Å²) in [4.78, 5) is 18.1. The van der Waals surface area contributed by atoms with Crippen LogP contribution in [0.1, 0.15) is 17.5 Å². The minimum Gasteiger partial charge on any atom is -0.340 e. The molecule has 2 N–H and O–H groups in total. The zero-order valence-corrected chi connectivity index (χ0v) is 18.8. The number of anilines is 1. The van der Waals surface area contributed by atoms with Crippen LogP contribution in [0.5, 0.6) is 0 Å². The molecule has 0 aliphatic carbocycles. The van der Waals surface area contributed by atoms with Crippen molar-refractivity contribution in [3.05, 3.63) is 53.9 Å². The molecular weight excluding hydrogens is 396 g/mol. The molecule has 0 unspecified atom stereocenters. The number of thioether (sulfide) groups is 1. The van der Waals surface area contributed by atoms with Gasteiger partial charge in [-0.25, -0.2) is 0 Å². The third-order valence-electron chi connectivity index (χ3n) is 4.79. The lowest BCUT2D eigenvalue weighted by Gasteiger charge is -2.13. The summed E-state index contributed by atoms with van der Waals surface area (Å²) < 4.78 is 2.11. The molecule has 0 atom stereocenters. The number of aromatic nitrogens is 4. The number of hydrogen-bond donors (Lipinski definition) is 2. The van der Waals surface area contributed by atoms with Gasteiger partial charge in [0, 0.05) is 36.6 Å². The number of benzene rings is 1. The number of nitrogens with zero attached hydrogens (tertiary/aromatic N) is 4. The number of carbonyl (C=O) groups excluding carboxylic acids is 1. The third kappa shape index (κ3) is 5.67. The normalized spacial score (nSPS) is 11.1. The smallest absolute Gasteiger partial charge is 0.234 e. The molecule has 1 amide bonds. The van der Waals surface area contributed by atoms with Gasteiger partial charge in [0.2, 0.25) is 5.91 Å². The molecule has 30 heavy (non-hydrogen) atoms. The van der Waals surface area contributed by atoms with E-state index < -0.39 is 0 Å². The topological polar surface area (TPSA) is 77.1 Å². The number of nitrogens with one attached hydrogen (secondary N) is 2. The van der Waals surface area contributed by atoms with E-state index in [1.165, 1.54) is 16.7 Å². The van der Waals surface area contributed by atoms with Gasteiger partial charge in [0.05, 0.1) is 26.4 Å². The molecule has 8 heteroatoms. The summed E-state index contributed by atoms with van der Waals surface area (Å²) >= 11 is 1.42. The fourth-order valence-corrected chi connectivity index (χ4v) is 3.98. The minimum absolute atomic E-state index is 0.0462. The maximum Gasteiger partial charge on any atom is 0.234 e. The van der Waals surface area contributed by atoms with Crippen molar-refractivity contribution >= 4 is 23.4 Å². The van der Waals surface area contributed by atoms with E-state index >= 15 is 0 Å². The Morgan fingerprint density at radius 1 is 1.10 bits per heavy atom. The number of rotatable bonds is 9. The molecule has 0 radical (unpaired) electrons. The van der Waals surface area contributed by atoms with Crippen LogP contribution in [0.4, 0.5) is 5.69 Å². The van der Waals surface area contributed by atoms with Crippen LogP contribution < -0.4 is 10.2 Å². The molecule has 3 aromatic rings. The van der Waals surface area contributed by atoms with Crippen molar-refractivity contribution in [2.75, 3.05) is 31.7 Å². The first-order chi connectivity index (χ1) is 14.5. The van der Waals surface area contributed by atoms with E-state index in [4.69, 9.17) is 0 Å². The van der Waals surface area contributed by atoms with Crippen LogP contribution in [0.3, 0.4) is 0 Å². The highest BCUT2D eigenvalue weighted by Crippen LogP contribution is 2.25. The van der Waals surface area contributed by atoms with Gasteiger partial charge in [0.1, 0.15) is 0 Å². The lowest BCUT2D eigenvalue weighted by atomic mass is 10.1. The van der Waals surface area contributed by atoms with E-state index in [-0.39, 0.29) is 11.7 Å². The monoisotopic (exact) mass is 425 g/mol. The molecule has 2 heterocycles. The van der Waals surface area contributed by atoms with Gasteiger partial charge in [-0.15, -0.1) is 10.2 Å². The van der Waals surface area contributed by atoms with E-state index in [2.05, 4.69) is 39.2 Å². The summed E-state index contributed by atoms with van der Waals surface area (Å²) in [5, 5.41) is 12.6. The molecule has 7 nitrogen and oxygen atoms in total. The molecule has 0 spiro atoms. The summed E-state index contributed by atoms with van der Waals surface area (Å²) in [7, 11) is 4.28. The van der Waals surface area contributed by atoms with Gasteiger partial charge in [-0.05, 0) is 37.1 Å². The van der Waals surface area contributed by atoms with Crippen LogP contribution in [0, 0.1) is 13.8 Å². The van der Waals surface area contributed by atoms with E-state index in [9.17, 15) is 4.79 Å². The summed E-state index contributed by atoms with van der Waals surface area (Å²) in [5.74, 6) is 1.04. The van der Waals surface area contributed by atoms with Crippen molar-refractivity contribution in [1.82, 2.24) is 19.7 Å². The second-order valence-corrected chi connectivity index (χ2v) is 8.55. The van der Waals surface area contributed by atoms with Crippen LogP contribution in [-0.4, -0.2) is 52.0 Å². The zero-order valence-electron chi connectivity index (χ0n) is 18.0. The van der Waals surface area contributed by atoms with Crippen molar-refractivity contribution in [2.24, 2.45) is 0 Å². The molecule has 0 aliphatic rings. The first kappa shape index (κ1) is 22.0. The van der Waals surface area contributed by atoms with Gasteiger partial charge in [-0.2, -0.15) is 0 Å². The van der Waals surface area contributed by atoms with Crippen LogP contribution in [0.15, 0.2) is 47.9 Å². The van der Waals surface area contributed by atoms with E-state index in [0.717, 1.165) is 52.9 Å². The summed E-state index contributed by atoms with van der Waals surface area (Å²) in [6.07, 6.45) is 4.51. The average Bonchev–Trinajstić information content (AvgIpc) is 3.12. The quantitative estimate of drug-likeness (QED) is 0.514. The molecule has 0 saturated heterocycles. The average molecular weight is 426 g/mol. The summed E-state index contributed by atoms with van der Waals surface area (Å²) in [6, 6.07) is 9.85. The molecule has 1 aromatic carbocycles. The second kappa shape index (κ2) is 10.4. The van der Waals surface area contributed by atoms with Crippen LogP contribution in [-0.2, 0) is 11.3 Å². The van der Waals surface area contributed by atoms with Gasteiger partial charge in [0.25, 0.3) is 0 Å². The SMILES string of the molecule is Cc1cccc(C)c1NC(=O)CSc1nnc(-c2ccncc2)n1CCC[NH+](C)C. The van der Waals surface area contributed by atoms with Gasteiger partial charge < -0.3 is 14.8 Å². The molecule has 0 fully saturated rings. The largest absolute Gasteiger partial charge is 0.340 e. The highest BCUT2D eigenvalue weighted by molar-refractivity contribution is 7.99. The lowest BCUT2D eigenvalue weighted by Crippen LogP contribution is -3.05. The van der Waals surface area contributed by atoms with E-state index in [1.807, 2.05) is 44.2 Å². The fraction of sp³-hybridized carbons (Fsp3) is 0.364. The van der Waals surface area contributed by atoms with Crippen LogP contribution in [0.2, 0.25) is 0 Å². The number of hydrogen-bond acceptors (Lipinski definition) is 5. The Morgan fingerprint density at radius 2 is 1.80 bits per heavy atom. The number of quaternary nitrogens is 1. The zero-order chi connectivity index (χ0) is 21.5. The standard InChI is InChI=1S/C22H28N6OS/c1-16-7-5-8-17(2)20(16)24-19(29)15-30-22-26-25-21(18-9-11-23-12-10-18)28(22)14-6-13-27(3)4/h5,7-12H,6,13-15H2,1-4H3,(H,24,29)/p+1. The van der Waals surface area contributed by atoms with Gasteiger partial charge in [-0.1, -0.05) is 30.0 Å².